The predicted molar refractivity (Wildman–Crippen MR) is 47.9 cm³/mol. The van der Waals surface area contributed by atoms with Gasteiger partial charge >= 0.3 is 0 Å². The minimum absolute atomic E-state index is 0. The Morgan fingerprint density at radius 3 is 2.55 bits per heavy atom. The molecular formula is C7H11ClN2O. The highest BCUT2D eigenvalue weighted by Gasteiger charge is 1.94. The molecule has 4 N–H and O–H groups in total. The number of aryl methyl sites for hydroxylation is 1. The lowest BCUT2D eigenvalue weighted by Gasteiger charge is -2.01. The number of hydrazine groups is 1. The number of nitrogens with one attached hydrogen (secondary N) is 1. The minimum Gasteiger partial charge on any atom is -0.508 e. The first-order valence-electron chi connectivity index (χ1n) is 3.00. The summed E-state index contributed by atoms with van der Waals surface area (Å²) in [6, 6.07) is 5.18. The highest BCUT2D eigenvalue weighted by Crippen LogP contribution is 2.19. The van der Waals surface area contributed by atoms with Gasteiger partial charge in [0.05, 0.1) is 5.69 Å². The number of phenolic OH excluding ortho intramolecular Hbond substituents is 1. The van der Waals surface area contributed by atoms with Crippen LogP contribution in [0.25, 0.3) is 0 Å². The average molecular weight is 175 g/mol. The van der Waals surface area contributed by atoms with E-state index >= 15 is 0 Å². The molecule has 11 heavy (non-hydrogen) atoms. The maximum Gasteiger partial charge on any atom is 0.120 e. The summed E-state index contributed by atoms with van der Waals surface area (Å²) in [7, 11) is 0. The third-order valence-corrected chi connectivity index (χ3v) is 1.38. The first kappa shape index (κ1) is 10.1. The topological polar surface area (TPSA) is 58.3 Å². The fourth-order valence-electron chi connectivity index (χ4n) is 0.699. The molecule has 0 atom stereocenters. The zero-order valence-corrected chi connectivity index (χ0v) is 6.98. The van der Waals surface area contributed by atoms with E-state index in [1.807, 2.05) is 6.92 Å². The van der Waals surface area contributed by atoms with Crippen molar-refractivity contribution in [3.8, 4) is 5.75 Å². The van der Waals surface area contributed by atoms with Crippen molar-refractivity contribution in [1.29, 1.82) is 0 Å². The summed E-state index contributed by atoms with van der Waals surface area (Å²) in [5.41, 5.74) is 3.99. The van der Waals surface area contributed by atoms with Crippen molar-refractivity contribution in [2.24, 2.45) is 5.84 Å². The number of aromatic hydroxyl groups is 1. The second kappa shape index (κ2) is 4.05. The molecular weight excluding hydrogens is 164 g/mol. The average Bonchev–Trinajstić information content (AvgIpc) is 1.95. The van der Waals surface area contributed by atoms with Crippen LogP contribution in [0.3, 0.4) is 0 Å². The van der Waals surface area contributed by atoms with Gasteiger partial charge in [0.15, 0.2) is 0 Å². The number of benzene rings is 1. The van der Waals surface area contributed by atoms with E-state index in [4.69, 9.17) is 10.9 Å². The van der Waals surface area contributed by atoms with Crippen LogP contribution in [0.4, 0.5) is 5.69 Å². The summed E-state index contributed by atoms with van der Waals surface area (Å²) in [5.74, 6) is 5.37. The van der Waals surface area contributed by atoms with Gasteiger partial charge in [-0.2, -0.15) is 0 Å². The van der Waals surface area contributed by atoms with Gasteiger partial charge in [-0.3, -0.25) is 5.84 Å². The van der Waals surface area contributed by atoms with Gasteiger partial charge in [-0.15, -0.1) is 12.4 Å². The lowest BCUT2D eigenvalue weighted by Crippen LogP contribution is -2.06. The Morgan fingerprint density at radius 2 is 2.09 bits per heavy atom. The van der Waals surface area contributed by atoms with Crippen LogP contribution in [0.5, 0.6) is 5.75 Å². The van der Waals surface area contributed by atoms with E-state index in [2.05, 4.69) is 5.43 Å². The van der Waals surface area contributed by atoms with Gasteiger partial charge < -0.3 is 10.5 Å². The van der Waals surface area contributed by atoms with Gasteiger partial charge in [-0.05, 0) is 18.6 Å². The molecule has 0 saturated carbocycles. The van der Waals surface area contributed by atoms with Gasteiger partial charge in [-0.25, -0.2) is 0 Å². The van der Waals surface area contributed by atoms with Gasteiger partial charge in [0, 0.05) is 6.07 Å². The van der Waals surface area contributed by atoms with Crippen molar-refractivity contribution in [3.05, 3.63) is 23.8 Å². The summed E-state index contributed by atoms with van der Waals surface area (Å²) in [4.78, 5) is 0. The second-order valence-electron chi connectivity index (χ2n) is 2.15. The lowest BCUT2D eigenvalue weighted by atomic mass is 10.2. The molecule has 3 nitrogen and oxygen atoms in total. The van der Waals surface area contributed by atoms with Crippen LogP contribution < -0.4 is 11.3 Å². The van der Waals surface area contributed by atoms with Crippen molar-refractivity contribution < 1.29 is 5.11 Å². The Labute approximate surface area is 71.6 Å². The maximum absolute atomic E-state index is 9.14. The Kier molecular flexibility index (Phi) is 3.71. The highest BCUT2D eigenvalue weighted by molar-refractivity contribution is 5.85. The van der Waals surface area contributed by atoms with Gasteiger partial charge in [-0.1, -0.05) is 6.07 Å². The van der Waals surface area contributed by atoms with Crippen LogP contribution >= 0.6 is 12.4 Å². The third kappa shape index (κ3) is 2.29. The van der Waals surface area contributed by atoms with Crippen molar-refractivity contribution in [3.63, 3.8) is 0 Å². The number of nitrogen functional groups attached to an aromatic ring is 1. The van der Waals surface area contributed by atoms with Crippen molar-refractivity contribution in [2.45, 2.75) is 6.92 Å². The molecule has 0 spiro atoms. The molecule has 0 radical (unpaired) electrons. The van der Waals surface area contributed by atoms with E-state index in [9.17, 15) is 0 Å². The molecule has 1 aromatic carbocycles. The Morgan fingerprint density at radius 1 is 1.45 bits per heavy atom. The molecule has 0 bridgehead atoms. The number of rotatable bonds is 1. The van der Waals surface area contributed by atoms with E-state index in [0.717, 1.165) is 5.56 Å². The fourth-order valence-corrected chi connectivity index (χ4v) is 0.699. The molecule has 0 fully saturated rings. The first-order chi connectivity index (χ1) is 4.74. The number of phenols is 1. The van der Waals surface area contributed by atoms with E-state index in [1.54, 1.807) is 18.2 Å². The van der Waals surface area contributed by atoms with Crippen molar-refractivity contribution in [1.82, 2.24) is 0 Å². The van der Waals surface area contributed by atoms with E-state index < -0.39 is 0 Å². The fraction of sp³-hybridized carbons (Fsp3) is 0.143. The number of halogens is 1. The van der Waals surface area contributed by atoms with Crippen LogP contribution in [0.2, 0.25) is 0 Å². The molecule has 0 aliphatic carbocycles. The first-order valence-corrected chi connectivity index (χ1v) is 3.00. The van der Waals surface area contributed by atoms with Crippen LogP contribution in [0.1, 0.15) is 5.56 Å². The Hall–Kier alpha value is -0.930. The number of hydrogen-bond acceptors (Lipinski definition) is 3. The zero-order valence-electron chi connectivity index (χ0n) is 6.16. The van der Waals surface area contributed by atoms with Crippen LogP contribution in [0.15, 0.2) is 18.2 Å². The number of anilines is 1. The third-order valence-electron chi connectivity index (χ3n) is 1.38. The number of nitrogens with two attached hydrogens (primary N) is 1. The molecule has 4 heteroatoms. The van der Waals surface area contributed by atoms with E-state index in [0.29, 0.717) is 5.69 Å². The van der Waals surface area contributed by atoms with E-state index in [-0.39, 0.29) is 18.2 Å². The molecule has 0 aliphatic heterocycles. The van der Waals surface area contributed by atoms with Crippen LogP contribution in [-0.4, -0.2) is 5.11 Å². The van der Waals surface area contributed by atoms with Gasteiger partial charge in [0.2, 0.25) is 0 Å². The molecule has 1 rings (SSSR count). The smallest absolute Gasteiger partial charge is 0.120 e. The summed E-state index contributed by atoms with van der Waals surface area (Å²) in [5, 5.41) is 9.14. The molecule has 1 aromatic rings. The van der Waals surface area contributed by atoms with E-state index in [1.165, 1.54) is 0 Å². The van der Waals surface area contributed by atoms with Crippen molar-refractivity contribution >= 4 is 18.1 Å². The summed E-state index contributed by atoms with van der Waals surface area (Å²) >= 11 is 0. The Balaban J connectivity index is 0.000001000. The molecule has 0 heterocycles. The Bertz CT molecular complexity index is 240. The van der Waals surface area contributed by atoms with Crippen LogP contribution in [0, 0.1) is 6.92 Å². The number of hydrogen-bond donors (Lipinski definition) is 3. The monoisotopic (exact) mass is 174 g/mol. The SMILES string of the molecule is Cc1ccc(NN)cc1O.Cl. The minimum atomic E-state index is 0. The molecule has 0 amide bonds. The normalized spacial score (nSPS) is 8.55. The molecule has 62 valence electrons. The van der Waals surface area contributed by atoms with Crippen molar-refractivity contribution in [2.75, 3.05) is 5.43 Å². The molecule has 0 aromatic heterocycles. The largest absolute Gasteiger partial charge is 0.508 e. The summed E-state index contributed by atoms with van der Waals surface area (Å²) < 4.78 is 0. The van der Waals surface area contributed by atoms with Gasteiger partial charge in [0.1, 0.15) is 5.75 Å². The second-order valence-corrected chi connectivity index (χ2v) is 2.15. The lowest BCUT2D eigenvalue weighted by molar-refractivity contribution is 0.471. The maximum atomic E-state index is 9.14. The molecule has 0 unspecified atom stereocenters. The summed E-state index contributed by atoms with van der Waals surface area (Å²) in [6.07, 6.45) is 0. The summed E-state index contributed by atoms with van der Waals surface area (Å²) in [6.45, 7) is 1.83. The molecule has 0 saturated heterocycles. The molecule has 0 aliphatic rings. The van der Waals surface area contributed by atoms with Gasteiger partial charge in [0.25, 0.3) is 0 Å². The highest BCUT2D eigenvalue weighted by atomic mass is 35.5. The van der Waals surface area contributed by atoms with Crippen LogP contribution in [-0.2, 0) is 0 Å². The predicted octanol–water partition coefficient (Wildman–Crippen LogP) is 1.41. The quantitative estimate of drug-likeness (QED) is 0.446. The zero-order chi connectivity index (χ0) is 7.56. The standard InChI is InChI=1S/C7H10N2O.ClH/c1-5-2-3-6(9-8)4-7(5)10;/h2-4,9-10H,8H2,1H3;1H.